The minimum absolute atomic E-state index is 0.254. The Labute approximate surface area is 145 Å². The van der Waals surface area contributed by atoms with Gasteiger partial charge in [0.25, 0.3) is 10.7 Å². The summed E-state index contributed by atoms with van der Waals surface area (Å²) >= 11 is 5.29. The lowest BCUT2D eigenvalue weighted by molar-refractivity contribution is -0.931. The van der Waals surface area contributed by atoms with E-state index in [1.54, 1.807) is 25.0 Å². The van der Waals surface area contributed by atoms with Gasteiger partial charge in [0.1, 0.15) is 24.1 Å². The largest absolute Gasteiger partial charge is 0.497 e. The molecule has 2 atom stereocenters. The molecule has 0 radical (unpaired) electrons. The van der Waals surface area contributed by atoms with Crippen LogP contribution in [0.2, 0.25) is 0 Å². The molecule has 1 aromatic heterocycles. The van der Waals surface area contributed by atoms with Crippen molar-refractivity contribution in [3.05, 3.63) is 23.0 Å². The second-order valence-electron chi connectivity index (χ2n) is 5.90. The summed E-state index contributed by atoms with van der Waals surface area (Å²) < 4.78 is 17.9. The van der Waals surface area contributed by atoms with Gasteiger partial charge in [-0.3, -0.25) is 0 Å². The molecule has 8 heteroatoms. The summed E-state index contributed by atoms with van der Waals surface area (Å²) in [4.78, 5) is 1.56. The highest BCUT2D eigenvalue weighted by molar-refractivity contribution is 7.71. The summed E-state index contributed by atoms with van der Waals surface area (Å²) in [6.45, 7) is 2.28. The minimum atomic E-state index is -0.254. The van der Waals surface area contributed by atoms with Crippen molar-refractivity contribution in [1.82, 2.24) is 9.78 Å². The zero-order valence-corrected chi connectivity index (χ0v) is 14.6. The van der Waals surface area contributed by atoms with Crippen LogP contribution in [0.1, 0.15) is 12.8 Å². The summed E-state index contributed by atoms with van der Waals surface area (Å²) in [5.41, 5.74) is 0.719. The number of aliphatic hydroxyl groups is 1. The summed E-state index contributed by atoms with van der Waals surface area (Å²) in [5, 5.41) is 14.3. The molecule has 1 fully saturated rings. The number of piperidine rings is 1. The molecular weight excluding hydrogens is 330 g/mol. The van der Waals surface area contributed by atoms with Crippen LogP contribution in [0.3, 0.4) is 0 Å². The zero-order valence-electron chi connectivity index (χ0n) is 13.8. The lowest BCUT2D eigenvalue weighted by Crippen LogP contribution is -3.13. The van der Waals surface area contributed by atoms with Gasteiger partial charge in [-0.25, -0.2) is 0 Å². The molecule has 1 aromatic carbocycles. The highest BCUT2D eigenvalue weighted by Gasteiger charge is 2.23. The van der Waals surface area contributed by atoms with Crippen molar-refractivity contribution in [2.75, 3.05) is 27.3 Å². The number of nitrogens with zero attached hydrogens (tertiary/aromatic N) is 2. The molecule has 3 rings (SSSR count). The number of hydrogen-bond donors (Lipinski definition) is 2. The number of likely N-dealkylation sites (tertiary alicyclic amines) is 1. The van der Waals surface area contributed by atoms with Crippen LogP contribution in [0.15, 0.2) is 22.6 Å². The van der Waals surface area contributed by atoms with E-state index in [-0.39, 0.29) is 6.10 Å². The Hall–Kier alpha value is -1.90. The Bertz CT molecular complexity index is 758. The van der Waals surface area contributed by atoms with E-state index in [4.69, 9.17) is 26.1 Å². The summed E-state index contributed by atoms with van der Waals surface area (Å²) in [7, 11) is 3.19. The first-order valence-corrected chi connectivity index (χ1v) is 8.33. The van der Waals surface area contributed by atoms with E-state index in [1.807, 2.05) is 12.1 Å². The van der Waals surface area contributed by atoms with E-state index in [9.17, 15) is 5.11 Å². The molecule has 130 valence electrons. The van der Waals surface area contributed by atoms with Gasteiger partial charge >= 0.3 is 0 Å². The highest BCUT2D eigenvalue weighted by atomic mass is 32.1. The van der Waals surface area contributed by atoms with Crippen LogP contribution in [0.4, 0.5) is 0 Å². The second kappa shape index (κ2) is 7.33. The molecule has 0 aliphatic carbocycles. The van der Waals surface area contributed by atoms with E-state index in [2.05, 4.69) is 5.10 Å². The van der Waals surface area contributed by atoms with Crippen molar-refractivity contribution >= 4 is 12.2 Å². The first-order chi connectivity index (χ1) is 11.6. The maximum absolute atomic E-state index is 9.80. The number of nitrogens with one attached hydrogen (secondary N) is 1. The van der Waals surface area contributed by atoms with Crippen LogP contribution in [-0.4, -0.2) is 48.3 Å². The number of methoxy groups -OCH3 is 2. The zero-order chi connectivity index (χ0) is 17.1. The van der Waals surface area contributed by atoms with Crippen LogP contribution in [-0.2, 0) is 6.67 Å². The third kappa shape index (κ3) is 3.61. The van der Waals surface area contributed by atoms with Crippen LogP contribution >= 0.6 is 12.2 Å². The summed E-state index contributed by atoms with van der Waals surface area (Å²) in [6, 6.07) is 5.43. The SMILES string of the molecule is COc1ccc(-c2nn(C[NH+]3CCC[C@H](O)C3)c(=S)o2)c(OC)c1. The summed E-state index contributed by atoms with van der Waals surface area (Å²) in [6.07, 6.45) is 1.61. The van der Waals surface area contributed by atoms with Crippen molar-refractivity contribution < 1.29 is 23.9 Å². The van der Waals surface area contributed by atoms with Crippen LogP contribution in [0.5, 0.6) is 11.5 Å². The van der Waals surface area contributed by atoms with Gasteiger partial charge in [0.05, 0.1) is 26.3 Å². The molecule has 0 spiro atoms. The maximum Gasteiger partial charge on any atom is 0.292 e. The van der Waals surface area contributed by atoms with Gasteiger partial charge in [0.15, 0.2) is 6.67 Å². The molecule has 7 nitrogen and oxygen atoms in total. The Kier molecular flexibility index (Phi) is 5.17. The number of aromatic nitrogens is 2. The predicted octanol–water partition coefficient (Wildman–Crippen LogP) is 0.887. The Morgan fingerprint density at radius 3 is 2.96 bits per heavy atom. The van der Waals surface area contributed by atoms with Gasteiger partial charge in [-0.2, -0.15) is 4.68 Å². The standard InChI is InChI=1S/C16H21N3O4S/c1-21-12-5-6-13(14(8-12)22-2)15-17-19(16(24)23-15)10-18-7-3-4-11(20)9-18/h5-6,8,11,20H,3-4,7,9-10H2,1-2H3/p+1/t11-/m0/s1. The number of ether oxygens (including phenoxy) is 2. The number of hydrogen-bond acceptors (Lipinski definition) is 6. The predicted molar refractivity (Wildman–Crippen MR) is 89.8 cm³/mol. The molecule has 1 aliphatic rings. The quantitative estimate of drug-likeness (QED) is 0.779. The van der Waals surface area contributed by atoms with Crippen molar-refractivity contribution in [2.24, 2.45) is 0 Å². The molecule has 2 aromatic rings. The first kappa shape index (κ1) is 16.9. The third-order valence-corrected chi connectivity index (χ3v) is 4.50. The molecule has 1 unspecified atom stereocenters. The monoisotopic (exact) mass is 352 g/mol. The third-order valence-electron chi connectivity index (χ3n) is 4.21. The van der Waals surface area contributed by atoms with E-state index < -0.39 is 0 Å². The minimum Gasteiger partial charge on any atom is -0.497 e. The average Bonchev–Trinajstić information content (AvgIpc) is 2.94. The van der Waals surface area contributed by atoms with E-state index in [0.29, 0.717) is 35.4 Å². The fraction of sp³-hybridized carbons (Fsp3) is 0.500. The molecule has 2 heterocycles. The molecule has 2 N–H and O–H groups in total. The molecule has 1 saturated heterocycles. The van der Waals surface area contributed by atoms with E-state index in [0.717, 1.165) is 24.9 Å². The van der Waals surface area contributed by atoms with E-state index >= 15 is 0 Å². The average molecular weight is 352 g/mol. The summed E-state index contributed by atoms with van der Waals surface area (Å²) in [5.74, 6) is 1.72. The van der Waals surface area contributed by atoms with Crippen molar-refractivity contribution in [2.45, 2.75) is 25.6 Å². The second-order valence-corrected chi connectivity index (χ2v) is 6.25. The first-order valence-electron chi connectivity index (χ1n) is 7.92. The molecule has 0 bridgehead atoms. The molecule has 0 saturated carbocycles. The highest BCUT2D eigenvalue weighted by Crippen LogP contribution is 2.32. The fourth-order valence-corrected chi connectivity index (χ4v) is 3.15. The molecule has 0 amide bonds. The van der Waals surface area contributed by atoms with Gasteiger partial charge in [-0.1, -0.05) is 0 Å². The van der Waals surface area contributed by atoms with Gasteiger partial charge in [-0.05, 0) is 37.2 Å². The van der Waals surface area contributed by atoms with Gasteiger partial charge in [-0.15, -0.1) is 5.10 Å². The Morgan fingerprint density at radius 1 is 1.42 bits per heavy atom. The normalized spacial score (nSPS) is 20.8. The molecule has 1 aliphatic heterocycles. The molecule has 24 heavy (non-hydrogen) atoms. The number of rotatable bonds is 5. The maximum atomic E-state index is 9.80. The van der Waals surface area contributed by atoms with Crippen LogP contribution < -0.4 is 14.4 Å². The van der Waals surface area contributed by atoms with Crippen molar-refractivity contribution in [3.63, 3.8) is 0 Å². The van der Waals surface area contributed by atoms with Gasteiger partial charge in [0.2, 0.25) is 0 Å². The van der Waals surface area contributed by atoms with Gasteiger partial charge in [0, 0.05) is 6.07 Å². The fourth-order valence-electron chi connectivity index (χ4n) is 2.97. The number of aliphatic hydroxyl groups excluding tert-OH is 1. The Morgan fingerprint density at radius 2 is 2.25 bits per heavy atom. The van der Waals surface area contributed by atoms with Crippen LogP contribution in [0.25, 0.3) is 11.5 Å². The number of quaternary nitrogens is 1. The number of benzene rings is 1. The van der Waals surface area contributed by atoms with Crippen molar-refractivity contribution in [3.8, 4) is 23.0 Å². The van der Waals surface area contributed by atoms with Gasteiger partial charge < -0.3 is 23.9 Å². The van der Waals surface area contributed by atoms with Crippen LogP contribution in [0, 0.1) is 4.84 Å². The molecular formula is C16H22N3O4S+. The Balaban J connectivity index is 1.85. The lowest BCUT2D eigenvalue weighted by atomic mass is 10.1. The topological polar surface area (TPSA) is 74.1 Å². The van der Waals surface area contributed by atoms with E-state index in [1.165, 1.54) is 4.90 Å². The van der Waals surface area contributed by atoms with Crippen molar-refractivity contribution in [1.29, 1.82) is 0 Å². The lowest BCUT2D eigenvalue weighted by Gasteiger charge is -2.26. The smallest absolute Gasteiger partial charge is 0.292 e.